The molecule has 0 radical (unpaired) electrons. The molecule has 5 nitrogen and oxygen atoms in total. The van der Waals surface area contributed by atoms with Crippen LogP contribution in [0.5, 0.6) is 0 Å². The third-order valence-electron chi connectivity index (χ3n) is 2.42. The van der Waals surface area contributed by atoms with Gasteiger partial charge in [-0.3, -0.25) is 0 Å². The Hall–Kier alpha value is -2.21. The second-order valence-electron chi connectivity index (χ2n) is 5.55. The molecule has 0 aliphatic rings. The highest BCUT2D eigenvalue weighted by molar-refractivity contribution is 7.19. The number of rotatable bonds is 4. The third-order valence-corrected chi connectivity index (χ3v) is 3.43. The SMILES string of the molecule is CC(C)(C)OC(=O)COC(=O)/C=C/c1nc2ccccc2s1. The van der Waals surface area contributed by atoms with Gasteiger partial charge in [0.25, 0.3) is 0 Å². The van der Waals surface area contributed by atoms with E-state index in [1.54, 1.807) is 26.8 Å². The molecule has 116 valence electrons. The molecule has 1 aromatic carbocycles. The van der Waals surface area contributed by atoms with Gasteiger partial charge in [-0.25, -0.2) is 14.6 Å². The molecule has 0 bridgehead atoms. The van der Waals surface area contributed by atoms with Crippen molar-refractivity contribution in [2.75, 3.05) is 6.61 Å². The lowest BCUT2D eigenvalue weighted by Gasteiger charge is -2.18. The number of carbonyl (C=O) groups excluding carboxylic acids is 2. The summed E-state index contributed by atoms with van der Waals surface area (Å²) in [4.78, 5) is 27.3. The molecule has 0 amide bonds. The number of thiazole rings is 1. The van der Waals surface area contributed by atoms with E-state index in [2.05, 4.69) is 4.98 Å². The van der Waals surface area contributed by atoms with E-state index in [0.717, 1.165) is 10.2 Å². The van der Waals surface area contributed by atoms with Crippen molar-refractivity contribution in [3.63, 3.8) is 0 Å². The fraction of sp³-hybridized carbons (Fsp3) is 0.312. The Morgan fingerprint density at radius 3 is 2.68 bits per heavy atom. The highest BCUT2D eigenvalue weighted by Crippen LogP contribution is 2.22. The Morgan fingerprint density at radius 1 is 1.27 bits per heavy atom. The molecule has 22 heavy (non-hydrogen) atoms. The first kappa shape index (κ1) is 16.2. The van der Waals surface area contributed by atoms with Crippen LogP contribution in [0.4, 0.5) is 0 Å². The summed E-state index contributed by atoms with van der Waals surface area (Å²) >= 11 is 1.47. The zero-order valence-corrected chi connectivity index (χ0v) is 13.5. The molecule has 6 heteroatoms. The molecule has 0 N–H and O–H groups in total. The largest absolute Gasteiger partial charge is 0.457 e. The van der Waals surface area contributed by atoms with Crippen LogP contribution in [0.1, 0.15) is 25.8 Å². The number of aromatic nitrogens is 1. The molecule has 0 saturated heterocycles. The normalized spacial score (nSPS) is 11.8. The molecule has 0 unspecified atom stereocenters. The molecule has 2 rings (SSSR count). The molecule has 1 heterocycles. The lowest BCUT2D eigenvalue weighted by atomic mass is 10.2. The van der Waals surface area contributed by atoms with Crippen LogP contribution < -0.4 is 0 Å². The molecule has 0 spiro atoms. The topological polar surface area (TPSA) is 65.5 Å². The van der Waals surface area contributed by atoms with Gasteiger partial charge in [-0.1, -0.05) is 12.1 Å². The van der Waals surface area contributed by atoms with Gasteiger partial charge in [0.15, 0.2) is 6.61 Å². The Labute approximate surface area is 132 Å². The summed E-state index contributed by atoms with van der Waals surface area (Å²) in [5, 5.41) is 0.704. The minimum absolute atomic E-state index is 0.402. The summed E-state index contributed by atoms with van der Waals surface area (Å²) in [6, 6.07) is 7.71. The van der Waals surface area contributed by atoms with Crippen LogP contribution in [0, 0.1) is 0 Å². The van der Waals surface area contributed by atoms with E-state index in [0.29, 0.717) is 5.01 Å². The van der Waals surface area contributed by atoms with Crippen LogP contribution in [0.2, 0.25) is 0 Å². The number of carbonyl (C=O) groups is 2. The maximum Gasteiger partial charge on any atom is 0.344 e. The van der Waals surface area contributed by atoms with Gasteiger partial charge >= 0.3 is 11.9 Å². The number of fused-ring (bicyclic) bond motifs is 1. The van der Waals surface area contributed by atoms with E-state index >= 15 is 0 Å². The minimum atomic E-state index is -0.606. The summed E-state index contributed by atoms with van der Waals surface area (Å²) in [7, 11) is 0. The second kappa shape index (κ2) is 6.70. The standard InChI is InChI=1S/C16H17NO4S/c1-16(2,3)21-15(19)10-20-14(18)9-8-13-17-11-6-4-5-7-12(11)22-13/h4-9H,10H2,1-3H3/b9-8+. The highest BCUT2D eigenvalue weighted by Gasteiger charge is 2.17. The molecule has 2 aromatic rings. The van der Waals surface area contributed by atoms with Gasteiger partial charge in [0.2, 0.25) is 0 Å². The second-order valence-corrected chi connectivity index (χ2v) is 6.61. The van der Waals surface area contributed by atoms with Gasteiger partial charge in [0.05, 0.1) is 10.2 Å². The summed E-state index contributed by atoms with van der Waals surface area (Å²) in [6.45, 7) is 4.85. The number of hydrogen-bond donors (Lipinski definition) is 0. The zero-order chi connectivity index (χ0) is 16.2. The molecular formula is C16H17NO4S. The fourth-order valence-corrected chi connectivity index (χ4v) is 2.52. The van der Waals surface area contributed by atoms with Crippen LogP contribution >= 0.6 is 11.3 Å². The van der Waals surface area contributed by atoms with Gasteiger partial charge in [-0.2, -0.15) is 0 Å². The average molecular weight is 319 g/mol. The van der Waals surface area contributed by atoms with Crippen LogP contribution in [0.3, 0.4) is 0 Å². The van der Waals surface area contributed by atoms with E-state index in [9.17, 15) is 9.59 Å². The Kier molecular flexibility index (Phi) is 4.92. The van der Waals surface area contributed by atoms with Crippen molar-refractivity contribution in [2.45, 2.75) is 26.4 Å². The number of hydrogen-bond acceptors (Lipinski definition) is 6. The Bertz CT molecular complexity index is 679. The van der Waals surface area contributed by atoms with Crippen molar-refractivity contribution in [2.24, 2.45) is 0 Å². The molecule has 0 aliphatic carbocycles. The number of para-hydroxylation sites is 1. The summed E-state index contributed by atoms with van der Waals surface area (Å²) < 4.78 is 10.9. The van der Waals surface area contributed by atoms with Gasteiger partial charge in [0, 0.05) is 6.08 Å². The minimum Gasteiger partial charge on any atom is -0.457 e. The molecule has 0 aliphatic heterocycles. The van der Waals surface area contributed by atoms with Gasteiger partial charge < -0.3 is 9.47 Å². The number of nitrogens with zero attached hydrogens (tertiary/aromatic N) is 1. The van der Waals surface area contributed by atoms with E-state index < -0.39 is 24.1 Å². The molecule has 0 saturated carbocycles. The fourth-order valence-electron chi connectivity index (χ4n) is 1.65. The smallest absolute Gasteiger partial charge is 0.344 e. The predicted octanol–water partition coefficient (Wildman–Crippen LogP) is 3.19. The van der Waals surface area contributed by atoms with Crippen molar-refractivity contribution in [1.82, 2.24) is 4.98 Å². The van der Waals surface area contributed by atoms with Crippen LogP contribution in [0.25, 0.3) is 16.3 Å². The average Bonchev–Trinajstić information content (AvgIpc) is 2.84. The predicted molar refractivity (Wildman–Crippen MR) is 85.5 cm³/mol. The molecule has 1 aromatic heterocycles. The van der Waals surface area contributed by atoms with Crippen LogP contribution in [-0.4, -0.2) is 29.1 Å². The van der Waals surface area contributed by atoms with Gasteiger partial charge in [-0.15, -0.1) is 11.3 Å². The van der Waals surface area contributed by atoms with E-state index in [1.165, 1.54) is 17.4 Å². The quantitative estimate of drug-likeness (QED) is 0.639. The lowest BCUT2D eigenvalue weighted by molar-refractivity contribution is -0.164. The first-order valence-corrected chi connectivity index (χ1v) is 7.57. The Balaban J connectivity index is 1.87. The Morgan fingerprint density at radius 2 is 2.00 bits per heavy atom. The molecule has 0 fully saturated rings. The number of esters is 2. The monoisotopic (exact) mass is 319 g/mol. The van der Waals surface area contributed by atoms with Gasteiger partial charge in [0.1, 0.15) is 10.6 Å². The van der Waals surface area contributed by atoms with E-state index in [4.69, 9.17) is 9.47 Å². The molecule has 0 atom stereocenters. The van der Waals surface area contributed by atoms with Crippen molar-refractivity contribution in [3.8, 4) is 0 Å². The summed E-state index contributed by atoms with van der Waals surface area (Å²) in [5.74, 6) is -1.18. The van der Waals surface area contributed by atoms with Crippen LogP contribution in [-0.2, 0) is 19.1 Å². The molecular weight excluding hydrogens is 302 g/mol. The van der Waals surface area contributed by atoms with Crippen molar-refractivity contribution in [3.05, 3.63) is 35.3 Å². The first-order chi connectivity index (χ1) is 10.3. The van der Waals surface area contributed by atoms with Crippen LogP contribution in [0.15, 0.2) is 30.3 Å². The first-order valence-electron chi connectivity index (χ1n) is 6.76. The maximum absolute atomic E-state index is 11.6. The van der Waals surface area contributed by atoms with Crippen molar-refractivity contribution < 1.29 is 19.1 Å². The maximum atomic E-state index is 11.6. The lowest BCUT2D eigenvalue weighted by Crippen LogP contribution is -2.27. The third kappa shape index (κ3) is 4.96. The van der Waals surface area contributed by atoms with Crippen molar-refractivity contribution in [1.29, 1.82) is 0 Å². The zero-order valence-electron chi connectivity index (χ0n) is 12.7. The number of benzene rings is 1. The summed E-state index contributed by atoms with van der Waals surface area (Å²) in [6.07, 6.45) is 2.82. The highest BCUT2D eigenvalue weighted by atomic mass is 32.1. The summed E-state index contributed by atoms with van der Waals surface area (Å²) in [5.41, 5.74) is 0.287. The van der Waals surface area contributed by atoms with Crippen molar-refractivity contribution >= 4 is 39.6 Å². The van der Waals surface area contributed by atoms with E-state index in [1.807, 2.05) is 24.3 Å². The number of ether oxygens (including phenoxy) is 2. The van der Waals surface area contributed by atoms with E-state index in [-0.39, 0.29) is 0 Å². The van der Waals surface area contributed by atoms with Gasteiger partial charge in [-0.05, 0) is 39.0 Å².